The first kappa shape index (κ1) is 8.73. The van der Waals surface area contributed by atoms with Crippen LogP contribution in [0.3, 0.4) is 0 Å². The van der Waals surface area contributed by atoms with Gasteiger partial charge in [-0.25, -0.2) is 4.39 Å². The van der Waals surface area contributed by atoms with Gasteiger partial charge in [0.2, 0.25) is 0 Å². The summed E-state index contributed by atoms with van der Waals surface area (Å²) in [5.41, 5.74) is 4.44. The lowest BCUT2D eigenvalue weighted by atomic mass is 10.2. The van der Waals surface area contributed by atoms with Crippen LogP contribution >= 0.6 is 11.6 Å². The molecule has 1 rings (SSSR count). The topological polar surface area (TPSA) is 69.2 Å². The Morgan fingerprint density at radius 1 is 1.58 bits per heavy atom. The first-order valence-corrected chi connectivity index (χ1v) is 3.29. The first-order valence-electron chi connectivity index (χ1n) is 2.92. The van der Waals surface area contributed by atoms with Crippen molar-refractivity contribution in [1.82, 2.24) is 0 Å². The molecule has 0 saturated carbocycles. The summed E-state index contributed by atoms with van der Waals surface area (Å²) in [5, 5.41) is 9.82. The lowest BCUT2D eigenvalue weighted by Gasteiger charge is -1.99. The van der Waals surface area contributed by atoms with Crippen molar-refractivity contribution < 1.29 is 9.31 Å². The Kier molecular flexibility index (Phi) is 2.14. The van der Waals surface area contributed by atoms with Crippen molar-refractivity contribution in [2.45, 2.75) is 0 Å². The van der Waals surface area contributed by atoms with Gasteiger partial charge < -0.3 is 5.73 Å². The van der Waals surface area contributed by atoms with Crippen molar-refractivity contribution in [2.24, 2.45) is 0 Å². The molecule has 0 aliphatic rings. The standard InChI is InChI=1S/C6H4ClFN2O2/c7-5-3(8)1-2-4(6(5)9)10(11)12/h1-2H,9H2. The van der Waals surface area contributed by atoms with E-state index >= 15 is 0 Å². The van der Waals surface area contributed by atoms with Gasteiger partial charge in [-0.1, -0.05) is 11.6 Å². The second kappa shape index (κ2) is 2.94. The molecule has 1 aromatic carbocycles. The molecule has 0 aliphatic carbocycles. The third-order valence-corrected chi connectivity index (χ3v) is 1.69. The van der Waals surface area contributed by atoms with Gasteiger partial charge in [0.15, 0.2) is 0 Å². The summed E-state index contributed by atoms with van der Waals surface area (Å²) in [6.07, 6.45) is 0. The molecule has 0 spiro atoms. The molecule has 0 heterocycles. The number of nitrogen functional groups attached to an aromatic ring is 1. The van der Waals surface area contributed by atoms with Crippen LogP contribution in [0.4, 0.5) is 15.8 Å². The molecule has 0 bridgehead atoms. The Balaban J connectivity index is 3.36. The molecule has 0 aliphatic heterocycles. The van der Waals surface area contributed by atoms with Crippen LogP contribution in [0.15, 0.2) is 12.1 Å². The normalized spacial score (nSPS) is 9.83. The molecule has 0 radical (unpaired) electrons. The maximum Gasteiger partial charge on any atom is 0.293 e. The molecule has 0 atom stereocenters. The van der Waals surface area contributed by atoms with Crippen LogP contribution in [-0.2, 0) is 0 Å². The molecule has 2 N–H and O–H groups in total. The summed E-state index contributed by atoms with van der Waals surface area (Å²) in [5.74, 6) is -0.764. The molecule has 64 valence electrons. The summed E-state index contributed by atoms with van der Waals surface area (Å²) in [7, 11) is 0. The van der Waals surface area contributed by atoms with Crippen LogP contribution < -0.4 is 5.73 Å². The van der Waals surface area contributed by atoms with E-state index < -0.39 is 15.8 Å². The molecule has 0 fully saturated rings. The zero-order valence-corrected chi connectivity index (χ0v) is 6.51. The number of benzene rings is 1. The second-order valence-corrected chi connectivity index (χ2v) is 2.43. The summed E-state index contributed by atoms with van der Waals surface area (Å²) in [6.45, 7) is 0. The van der Waals surface area contributed by atoms with E-state index in [0.29, 0.717) is 0 Å². The van der Waals surface area contributed by atoms with E-state index in [0.717, 1.165) is 12.1 Å². The Labute approximate surface area is 71.9 Å². The lowest BCUT2D eigenvalue weighted by Crippen LogP contribution is -1.97. The van der Waals surface area contributed by atoms with Crippen LogP contribution in [0.25, 0.3) is 0 Å². The number of hydrogen-bond donors (Lipinski definition) is 1. The first-order chi connectivity index (χ1) is 5.54. The minimum absolute atomic E-state index is 0.346. The number of anilines is 1. The Morgan fingerprint density at radius 2 is 2.17 bits per heavy atom. The van der Waals surface area contributed by atoms with E-state index in [4.69, 9.17) is 17.3 Å². The predicted molar refractivity (Wildman–Crippen MR) is 42.5 cm³/mol. The number of halogens is 2. The summed E-state index contributed by atoms with van der Waals surface area (Å²) < 4.78 is 12.6. The SMILES string of the molecule is Nc1c([N+](=O)[O-])ccc(F)c1Cl. The van der Waals surface area contributed by atoms with Crippen LogP contribution in [0.5, 0.6) is 0 Å². The molecule has 1 aromatic rings. The summed E-state index contributed by atoms with van der Waals surface area (Å²) >= 11 is 5.32. The number of nitrogens with zero attached hydrogens (tertiary/aromatic N) is 1. The molecule has 4 nitrogen and oxygen atoms in total. The molecule has 0 unspecified atom stereocenters. The smallest absolute Gasteiger partial charge is 0.293 e. The quantitative estimate of drug-likeness (QED) is 0.418. The van der Waals surface area contributed by atoms with Crippen molar-refractivity contribution in [1.29, 1.82) is 0 Å². The van der Waals surface area contributed by atoms with Gasteiger partial charge in [-0.3, -0.25) is 10.1 Å². The van der Waals surface area contributed by atoms with Crippen molar-refractivity contribution in [2.75, 3.05) is 5.73 Å². The molecular weight excluding hydrogens is 187 g/mol. The fraction of sp³-hybridized carbons (Fsp3) is 0. The van der Waals surface area contributed by atoms with Crippen molar-refractivity contribution in [3.05, 3.63) is 33.1 Å². The highest BCUT2D eigenvalue weighted by molar-refractivity contribution is 6.33. The largest absolute Gasteiger partial charge is 0.392 e. The maximum atomic E-state index is 12.6. The van der Waals surface area contributed by atoms with Crippen LogP contribution in [0, 0.1) is 15.9 Å². The van der Waals surface area contributed by atoms with Crippen molar-refractivity contribution in [3.8, 4) is 0 Å². The van der Waals surface area contributed by atoms with E-state index in [1.54, 1.807) is 0 Å². The van der Waals surface area contributed by atoms with Crippen LogP contribution in [-0.4, -0.2) is 4.92 Å². The Bertz CT molecular complexity index is 343. The van der Waals surface area contributed by atoms with Crippen molar-refractivity contribution in [3.63, 3.8) is 0 Å². The minimum Gasteiger partial charge on any atom is -0.392 e. The van der Waals surface area contributed by atoms with E-state index in [9.17, 15) is 14.5 Å². The summed E-state index contributed by atoms with van der Waals surface area (Å²) in [6, 6.07) is 1.87. The van der Waals surface area contributed by atoms with Gasteiger partial charge in [-0.15, -0.1) is 0 Å². The van der Waals surface area contributed by atoms with Crippen LogP contribution in [0.2, 0.25) is 5.02 Å². The lowest BCUT2D eigenvalue weighted by molar-refractivity contribution is -0.383. The zero-order valence-electron chi connectivity index (χ0n) is 5.75. The second-order valence-electron chi connectivity index (χ2n) is 2.05. The van der Waals surface area contributed by atoms with Gasteiger partial charge in [0.25, 0.3) is 5.69 Å². The maximum absolute atomic E-state index is 12.6. The third kappa shape index (κ3) is 1.31. The fourth-order valence-corrected chi connectivity index (χ4v) is 0.875. The number of nitrogens with two attached hydrogens (primary N) is 1. The number of hydrogen-bond acceptors (Lipinski definition) is 3. The number of nitro groups is 1. The van der Waals surface area contributed by atoms with E-state index in [1.165, 1.54) is 0 Å². The van der Waals surface area contributed by atoms with E-state index in [1.807, 2.05) is 0 Å². The predicted octanol–water partition coefficient (Wildman–Crippen LogP) is 1.97. The van der Waals surface area contributed by atoms with Crippen molar-refractivity contribution >= 4 is 23.0 Å². The molecule has 0 saturated heterocycles. The highest BCUT2D eigenvalue weighted by Gasteiger charge is 2.16. The summed E-state index contributed by atoms with van der Waals surface area (Å²) in [4.78, 5) is 9.51. The van der Waals surface area contributed by atoms with Gasteiger partial charge >= 0.3 is 0 Å². The van der Waals surface area contributed by atoms with Crippen LogP contribution in [0.1, 0.15) is 0 Å². The Hall–Kier alpha value is -1.36. The molecule has 6 heteroatoms. The highest BCUT2D eigenvalue weighted by atomic mass is 35.5. The molecule has 0 aromatic heterocycles. The highest BCUT2D eigenvalue weighted by Crippen LogP contribution is 2.30. The zero-order chi connectivity index (χ0) is 9.30. The van der Waals surface area contributed by atoms with Gasteiger partial charge in [-0.05, 0) is 6.07 Å². The van der Waals surface area contributed by atoms with Gasteiger partial charge in [0.05, 0.1) is 4.92 Å². The van der Waals surface area contributed by atoms with Gasteiger partial charge in [0.1, 0.15) is 16.5 Å². The van der Waals surface area contributed by atoms with E-state index in [-0.39, 0.29) is 11.4 Å². The monoisotopic (exact) mass is 190 g/mol. The Morgan fingerprint density at radius 3 is 2.67 bits per heavy atom. The average molecular weight is 191 g/mol. The third-order valence-electron chi connectivity index (χ3n) is 1.31. The fourth-order valence-electron chi connectivity index (χ4n) is 0.715. The van der Waals surface area contributed by atoms with Gasteiger partial charge in [0, 0.05) is 6.07 Å². The number of rotatable bonds is 1. The molecule has 12 heavy (non-hydrogen) atoms. The minimum atomic E-state index is -0.764. The van der Waals surface area contributed by atoms with E-state index in [2.05, 4.69) is 0 Å². The van der Waals surface area contributed by atoms with Gasteiger partial charge in [-0.2, -0.15) is 0 Å². The molecular formula is C6H4ClFN2O2. The molecule has 0 amide bonds. The average Bonchev–Trinajstić information content (AvgIpc) is 2.00. The number of nitro benzene ring substituents is 1.